The molecule has 172 valence electrons. The van der Waals surface area contributed by atoms with Gasteiger partial charge >= 0.3 is 0 Å². The number of carbonyl (C=O) groups excluding carboxylic acids is 2. The van der Waals surface area contributed by atoms with Gasteiger partial charge in [0.1, 0.15) is 10.8 Å². The molecule has 0 spiro atoms. The molecule has 2 amide bonds. The Labute approximate surface area is 196 Å². The number of aryl methyl sites for hydroxylation is 1. The standard InChI is InChI=1S/C24H27N5O3S/c1-16-12-20(28-32-16)15-33-24-21(5-2-10-26-24)23(31)27-19-8-6-17(7-9-19)13-29-11-3-4-18(14-29)22(25)30/h2,5-10,12,18H,3-4,11,13-15H2,1H3,(H2,25,30)(H,27,31). The maximum absolute atomic E-state index is 12.9. The first kappa shape index (κ1) is 23.0. The van der Waals surface area contributed by atoms with Crippen molar-refractivity contribution in [3.63, 3.8) is 0 Å². The number of amides is 2. The monoisotopic (exact) mass is 465 g/mol. The van der Waals surface area contributed by atoms with Crippen LogP contribution in [-0.4, -0.2) is 39.9 Å². The Morgan fingerprint density at radius 1 is 1.27 bits per heavy atom. The number of likely N-dealkylation sites (tertiary alicyclic amines) is 1. The first-order chi connectivity index (χ1) is 16.0. The summed E-state index contributed by atoms with van der Waals surface area (Å²) < 4.78 is 5.10. The Morgan fingerprint density at radius 2 is 2.09 bits per heavy atom. The highest BCUT2D eigenvalue weighted by atomic mass is 32.2. The maximum Gasteiger partial charge on any atom is 0.258 e. The van der Waals surface area contributed by atoms with Crippen LogP contribution in [0.3, 0.4) is 0 Å². The number of rotatable bonds is 8. The molecular weight excluding hydrogens is 438 g/mol. The highest BCUT2D eigenvalue weighted by Gasteiger charge is 2.23. The predicted octanol–water partition coefficient (Wildman–Crippen LogP) is 3.62. The second kappa shape index (κ2) is 10.6. The van der Waals surface area contributed by atoms with Crippen LogP contribution in [0, 0.1) is 12.8 Å². The first-order valence-electron chi connectivity index (χ1n) is 10.9. The number of nitrogens with two attached hydrogens (primary N) is 1. The molecule has 33 heavy (non-hydrogen) atoms. The molecular formula is C24H27N5O3S. The number of nitrogens with zero attached hydrogens (tertiary/aromatic N) is 3. The Hall–Kier alpha value is -3.17. The van der Waals surface area contributed by atoms with Crippen molar-refractivity contribution in [3.8, 4) is 0 Å². The number of primary amides is 1. The van der Waals surface area contributed by atoms with E-state index < -0.39 is 0 Å². The summed E-state index contributed by atoms with van der Waals surface area (Å²) in [5, 5.41) is 7.58. The van der Waals surface area contributed by atoms with E-state index in [2.05, 4.69) is 20.4 Å². The summed E-state index contributed by atoms with van der Waals surface area (Å²) in [4.78, 5) is 31.0. The van der Waals surface area contributed by atoms with Crippen molar-refractivity contribution < 1.29 is 14.1 Å². The largest absolute Gasteiger partial charge is 0.369 e. The van der Waals surface area contributed by atoms with Crippen molar-refractivity contribution in [1.29, 1.82) is 0 Å². The summed E-state index contributed by atoms with van der Waals surface area (Å²) in [6, 6.07) is 13.2. The minimum Gasteiger partial charge on any atom is -0.369 e. The number of piperidine rings is 1. The fraction of sp³-hybridized carbons (Fsp3) is 0.333. The van der Waals surface area contributed by atoms with Gasteiger partial charge in [-0.05, 0) is 56.1 Å². The van der Waals surface area contributed by atoms with E-state index in [0.717, 1.165) is 42.9 Å². The molecule has 1 aliphatic rings. The van der Waals surface area contributed by atoms with Crippen molar-refractivity contribution in [2.24, 2.45) is 11.7 Å². The quantitative estimate of drug-likeness (QED) is 0.488. The van der Waals surface area contributed by atoms with Crippen molar-refractivity contribution in [2.45, 2.75) is 37.1 Å². The number of aromatic nitrogens is 2. The summed E-state index contributed by atoms with van der Waals surface area (Å²) in [6.45, 7) is 4.25. The highest BCUT2D eigenvalue weighted by Crippen LogP contribution is 2.25. The minimum atomic E-state index is -0.221. The Kier molecular flexibility index (Phi) is 7.41. The zero-order valence-electron chi connectivity index (χ0n) is 18.5. The van der Waals surface area contributed by atoms with Gasteiger partial charge in [0, 0.05) is 36.8 Å². The second-order valence-corrected chi connectivity index (χ2v) is 9.17. The van der Waals surface area contributed by atoms with E-state index in [-0.39, 0.29) is 17.7 Å². The lowest BCUT2D eigenvalue weighted by Gasteiger charge is -2.31. The van der Waals surface area contributed by atoms with E-state index in [0.29, 0.717) is 28.6 Å². The number of nitrogens with one attached hydrogen (secondary N) is 1. The fourth-order valence-electron chi connectivity index (χ4n) is 3.89. The molecule has 8 nitrogen and oxygen atoms in total. The summed E-state index contributed by atoms with van der Waals surface area (Å²) in [5.41, 5.74) is 8.63. The Morgan fingerprint density at radius 3 is 2.82 bits per heavy atom. The second-order valence-electron chi connectivity index (χ2n) is 8.20. The topological polar surface area (TPSA) is 114 Å². The first-order valence-corrected chi connectivity index (χ1v) is 11.9. The van der Waals surface area contributed by atoms with Crippen molar-refractivity contribution in [2.75, 3.05) is 18.4 Å². The number of benzene rings is 1. The molecule has 1 aliphatic heterocycles. The van der Waals surface area contributed by atoms with Gasteiger partial charge in [-0.15, -0.1) is 0 Å². The number of anilines is 1. The SMILES string of the molecule is Cc1cc(CSc2ncccc2C(=O)Nc2ccc(CN3CCCC(C(N)=O)C3)cc2)no1. The lowest BCUT2D eigenvalue weighted by molar-refractivity contribution is -0.123. The van der Waals surface area contributed by atoms with Crippen molar-refractivity contribution in [1.82, 2.24) is 15.0 Å². The molecule has 1 saturated heterocycles. The maximum atomic E-state index is 12.9. The van der Waals surface area contributed by atoms with Crippen LogP contribution in [0.5, 0.6) is 0 Å². The molecule has 0 bridgehead atoms. The zero-order valence-corrected chi connectivity index (χ0v) is 19.3. The van der Waals surface area contributed by atoms with Gasteiger partial charge in [0.05, 0.1) is 17.2 Å². The molecule has 3 N–H and O–H groups in total. The van der Waals surface area contributed by atoms with Gasteiger partial charge in [0.25, 0.3) is 5.91 Å². The predicted molar refractivity (Wildman–Crippen MR) is 127 cm³/mol. The van der Waals surface area contributed by atoms with Crippen LogP contribution in [0.25, 0.3) is 0 Å². The van der Waals surface area contributed by atoms with Gasteiger partial charge in [-0.2, -0.15) is 0 Å². The fourth-order valence-corrected chi connectivity index (χ4v) is 4.76. The third-order valence-electron chi connectivity index (χ3n) is 5.58. The lowest BCUT2D eigenvalue weighted by atomic mass is 9.97. The average molecular weight is 466 g/mol. The van der Waals surface area contributed by atoms with Crippen molar-refractivity contribution in [3.05, 3.63) is 71.2 Å². The summed E-state index contributed by atoms with van der Waals surface area (Å²) in [5.74, 6) is 0.811. The van der Waals surface area contributed by atoms with Gasteiger partial charge in [0.15, 0.2) is 0 Å². The van der Waals surface area contributed by atoms with E-state index in [1.807, 2.05) is 37.3 Å². The number of pyridine rings is 1. The van der Waals surface area contributed by atoms with Crippen LogP contribution in [0.4, 0.5) is 5.69 Å². The third kappa shape index (κ3) is 6.21. The molecule has 0 radical (unpaired) electrons. The molecule has 4 rings (SSSR count). The van der Waals surface area contributed by atoms with Crippen LogP contribution >= 0.6 is 11.8 Å². The van der Waals surface area contributed by atoms with Gasteiger partial charge in [-0.25, -0.2) is 4.98 Å². The van der Waals surface area contributed by atoms with E-state index in [9.17, 15) is 9.59 Å². The Balaban J connectivity index is 1.35. The number of thioether (sulfide) groups is 1. The van der Waals surface area contributed by atoms with Gasteiger partial charge in [0.2, 0.25) is 5.91 Å². The van der Waals surface area contributed by atoms with E-state index >= 15 is 0 Å². The molecule has 3 heterocycles. The van der Waals surface area contributed by atoms with Gasteiger partial charge < -0.3 is 15.6 Å². The highest BCUT2D eigenvalue weighted by molar-refractivity contribution is 7.98. The number of hydrogen-bond acceptors (Lipinski definition) is 7. The average Bonchev–Trinajstić information content (AvgIpc) is 3.24. The van der Waals surface area contributed by atoms with Gasteiger partial charge in [-0.1, -0.05) is 29.1 Å². The Bertz CT molecular complexity index is 1120. The third-order valence-corrected chi connectivity index (χ3v) is 6.61. The van der Waals surface area contributed by atoms with Crippen LogP contribution in [0.2, 0.25) is 0 Å². The summed E-state index contributed by atoms with van der Waals surface area (Å²) in [6.07, 6.45) is 3.51. The molecule has 0 aliphatic carbocycles. The molecule has 1 aromatic carbocycles. The molecule has 1 fully saturated rings. The summed E-state index contributed by atoms with van der Waals surface area (Å²) >= 11 is 1.44. The normalized spacial score (nSPS) is 16.5. The molecule has 3 aromatic rings. The van der Waals surface area contributed by atoms with Crippen LogP contribution in [0.1, 0.15) is 40.2 Å². The lowest BCUT2D eigenvalue weighted by Crippen LogP contribution is -2.40. The molecule has 1 unspecified atom stereocenters. The molecule has 2 aromatic heterocycles. The minimum absolute atomic E-state index is 0.0721. The van der Waals surface area contributed by atoms with Crippen LogP contribution < -0.4 is 11.1 Å². The van der Waals surface area contributed by atoms with Crippen LogP contribution in [0.15, 0.2) is 58.2 Å². The number of carbonyl (C=O) groups is 2. The van der Waals surface area contributed by atoms with Crippen molar-refractivity contribution >= 4 is 29.3 Å². The molecule has 0 saturated carbocycles. The van der Waals surface area contributed by atoms with Gasteiger partial charge in [-0.3, -0.25) is 14.5 Å². The van der Waals surface area contributed by atoms with E-state index in [1.165, 1.54) is 11.8 Å². The van der Waals surface area contributed by atoms with E-state index in [1.54, 1.807) is 18.3 Å². The molecule has 9 heteroatoms. The smallest absolute Gasteiger partial charge is 0.258 e. The van der Waals surface area contributed by atoms with Crippen LogP contribution in [-0.2, 0) is 17.1 Å². The summed E-state index contributed by atoms with van der Waals surface area (Å²) in [7, 11) is 0. The number of hydrogen-bond donors (Lipinski definition) is 2. The zero-order chi connectivity index (χ0) is 23.2. The van der Waals surface area contributed by atoms with E-state index in [4.69, 9.17) is 10.3 Å². The molecule has 1 atom stereocenters.